The van der Waals surface area contributed by atoms with E-state index >= 15 is 0 Å². The first-order chi connectivity index (χ1) is 7.61. The summed E-state index contributed by atoms with van der Waals surface area (Å²) >= 11 is 3.17. The number of ether oxygens (including phenoxy) is 1. The molecule has 0 aromatic carbocycles. The van der Waals surface area contributed by atoms with Gasteiger partial charge in [0, 0.05) is 12.4 Å². The number of hydrogen-bond acceptors (Lipinski definition) is 3. The third-order valence-electron chi connectivity index (χ3n) is 1.96. The Kier molecular flexibility index (Phi) is 2.91. The molecule has 0 amide bonds. The van der Waals surface area contributed by atoms with E-state index in [1.54, 1.807) is 6.92 Å². The fourth-order valence-electron chi connectivity index (χ4n) is 1.33. The molecule has 0 saturated heterocycles. The molecule has 0 unspecified atom stereocenters. The van der Waals surface area contributed by atoms with Crippen LogP contribution in [0.15, 0.2) is 22.9 Å². The van der Waals surface area contributed by atoms with Gasteiger partial charge in [-0.2, -0.15) is 0 Å². The predicted octanol–water partition coefficient (Wildman–Crippen LogP) is 2.41. The first-order valence-corrected chi connectivity index (χ1v) is 5.42. The van der Waals surface area contributed by atoms with Crippen molar-refractivity contribution in [3.05, 3.63) is 34.4 Å². The lowest BCUT2D eigenvalue weighted by Crippen LogP contribution is -2.04. The second-order valence-corrected chi connectivity index (χ2v) is 3.94. The minimum Gasteiger partial charge on any atom is -0.461 e. The van der Waals surface area contributed by atoms with E-state index in [-0.39, 0.29) is 12.3 Å². The van der Waals surface area contributed by atoms with Gasteiger partial charge in [0.05, 0.1) is 11.1 Å². The van der Waals surface area contributed by atoms with Crippen LogP contribution in [-0.2, 0) is 4.74 Å². The average molecular weight is 287 g/mol. The molecule has 0 N–H and O–H groups in total. The van der Waals surface area contributed by atoms with Crippen LogP contribution in [0.1, 0.15) is 17.4 Å². The summed E-state index contributed by atoms with van der Waals surface area (Å²) in [6, 6.07) is 1.29. The minimum atomic E-state index is -0.515. The molecule has 0 aliphatic carbocycles. The molecule has 0 fully saturated rings. The van der Waals surface area contributed by atoms with Crippen molar-refractivity contribution in [2.24, 2.45) is 0 Å². The number of fused-ring (bicyclic) bond motifs is 1. The molecule has 2 heterocycles. The van der Waals surface area contributed by atoms with Crippen LogP contribution in [0, 0.1) is 5.82 Å². The summed E-state index contributed by atoms with van der Waals surface area (Å²) in [6.45, 7) is 1.99. The molecule has 84 valence electrons. The molecular weight excluding hydrogens is 279 g/mol. The fraction of sp³-hybridized carbons (Fsp3) is 0.200. The molecule has 0 spiro atoms. The van der Waals surface area contributed by atoms with Gasteiger partial charge in [0.2, 0.25) is 0 Å². The first-order valence-electron chi connectivity index (χ1n) is 4.62. The molecule has 0 aliphatic heterocycles. The van der Waals surface area contributed by atoms with Gasteiger partial charge < -0.3 is 9.14 Å². The Hall–Kier alpha value is -1.43. The fourth-order valence-corrected chi connectivity index (χ4v) is 1.84. The van der Waals surface area contributed by atoms with E-state index < -0.39 is 11.8 Å². The summed E-state index contributed by atoms with van der Waals surface area (Å²) in [5.74, 6) is -0.925. The zero-order chi connectivity index (χ0) is 11.7. The van der Waals surface area contributed by atoms with Gasteiger partial charge in [-0.05, 0) is 28.9 Å². The second-order valence-electron chi connectivity index (χ2n) is 3.08. The normalized spacial score (nSPS) is 10.7. The van der Waals surface area contributed by atoms with Gasteiger partial charge in [-0.15, -0.1) is 0 Å². The lowest BCUT2D eigenvalue weighted by molar-refractivity contribution is 0.0520. The monoisotopic (exact) mass is 286 g/mol. The van der Waals surface area contributed by atoms with Gasteiger partial charge in [-0.1, -0.05) is 0 Å². The van der Waals surface area contributed by atoms with Gasteiger partial charge in [-0.25, -0.2) is 14.2 Å². The van der Waals surface area contributed by atoms with E-state index in [9.17, 15) is 9.18 Å². The van der Waals surface area contributed by atoms with Crippen LogP contribution < -0.4 is 0 Å². The van der Waals surface area contributed by atoms with E-state index in [0.29, 0.717) is 10.1 Å². The lowest BCUT2D eigenvalue weighted by atomic mass is 10.4. The van der Waals surface area contributed by atoms with Crippen molar-refractivity contribution in [1.82, 2.24) is 9.38 Å². The molecule has 0 saturated carbocycles. The van der Waals surface area contributed by atoms with E-state index in [0.717, 1.165) is 0 Å². The maximum Gasteiger partial charge on any atom is 0.358 e. The van der Waals surface area contributed by atoms with Crippen molar-refractivity contribution in [1.29, 1.82) is 0 Å². The van der Waals surface area contributed by atoms with Crippen LogP contribution in [0.25, 0.3) is 5.65 Å². The quantitative estimate of drug-likeness (QED) is 0.797. The van der Waals surface area contributed by atoms with E-state index in [1.165, 1.54) is 22.9 Å². The van der Waals surface area contributed by atoms with E-state index in [1.807, 2.05) is 0 Å². The van der Waals surface area contributed by atoms with Crippen molar-refractivity contribution in [3.8, 4) is 0 Å². The number of halogens is 2. The van der Waals surface area contributed by atoms with Gasteiger partial charge in [0.1, 0.15) is 5.82 Å². The standard InChI is InChI=1S/C10H8BrFN2O2/c1-2-16-10(15)8-5-14-4-6(12)3-7(11)9(14)13-8/h3-5H,2H2,1H3. The van der Waals surface area contributed by atoms with Crippen molar-refractivity contribution in [2.75, 3.05) is 6.61 Å². The third-order valence-corrected chi connectivity index (χ3v) is 2.54. The first kappa shape index (κ1) is 11.1. The number of carbonyl (C=O) groups is 1. The van der Waals surface area contributed by atoms with Crippen LogP contribution in [-0.4, -0.2) is 22.0 Å². The summed E-state index contributed by atoms with van der Waals surface area (Å²) in [5, 5.41) is 0. The topological polar surface area (TPSA) is 43.6 Å². The molecule has 16 heavy (non-hydrogen) atoms. The molecule has 2 rings (SSSR count). The molecule has 0 aliphatic rings. The Bertz CT molecular complexity index is 553. The summed E-state index contributed by atoms with van der Waals surface area (Å²) in [5.41, 5.74) is 0.637. The number of aromatic nitrogens is 2. The maximum atomic E-state index is 13.1. The zero-order valence-electron chi connectivity index (χ0n) is 8.41. The predicted molar refractivity (Wildman–Crippen MR) is 58.8 cm³/mol. The highest BCUT2D eigenvalue weighted by molar-refractivity contribution is 9.10. The molecule has 6 heteroatoms. The highest BCUT2D eigenvalue weighted by atomic mass is 79.9. The summed E-state index contributed by atoms with van der Waals surface area (Å²) in [6.07, 6.45) is 2.68. The van der Waals surface area contributed by atoms with Gasteiger partial charge >= 0.3 is 5.97 Å². The second kappa shape index (κ2) is 4.21. The number of nitrogens with zero attached hydrogens (tertiary/aromatic N) is 2. The zero-order valence-corrected chi connectivity index (χ0v) is 9.99. The van der Waals surface area contributed by atoms with Crippen LogP contribution >= 0.6 is 15.9 Å². The number of rotatable bonds is 2. The smallest absolute Gasteiger partial charge is 0.358 e. The molecule has 2 aromatic rings. The summed E-state index contributed by atoms with van der Waals surface area (Å²) < 4.78 is 19.8. The van der Waals surface area contributed by atoms with Gasteiger partial charge in [0.15, 0.2) is 11.3 Å². The number of hydrogen-bond donors (Lipinski definition) is 0. The van der Waals surface area contributed by atoms with Crippen LogP contribution in [0.2, 0.25) is 0 Å². The number of pyridine rings is 1. The Morgan fingerprint density at radius 2 is 2.38 bits per heavy atom. The van der Waals surface area contributed by atoms with Crippen molar-refractivity contribution < 1.29 is 13.9 Å². The molecule has 0 atom stereocenters. The Morgan fingerprint density at radius 1 is 1.62 bits per heavy atom. The SMILES string of the molecule is CCOC(=O)c1cn2cc(F)cc(Br)c2n1. The van der Waals surface area contributed by atoms with Crippen LogP contribution in [0.3, 0.4) is 0 Å². The Labute approximate surface area is 99.2 Å². The number of imidazole rings is 1. The van der Waals surface area contributed by atoms with Gasteiger partial charge in [0.25, 0.3) is 0 Å². The van der Waals surface area contributed by atoms with Crippen molar-refractivity contribution >= 4 is 27.5 Å². The minimum absolute atomic E-state index is 0.160. The Morgan fingerprint density at radius 3 is 3.06 bits per heavy atom. The lowest BCUT2D eigenvalue weighted by Gasteiger charge is -1.95. The maximum absolute atomic E-state index is 13.1. The third kappa shape index (κ3) is 1.92. The molecule has 4 nitrogen and oxygen atoms in total. The van der Waals surface area contributed by atoms with Crippen LogP contribution in [0.4, 0.5) is 4.39 Å². The summed E-state index contributed by atoms with van der Waals surface area (Å²) in [7, 11) is 0. The molecule has 0 radical (unpaired) electrons. The van der Waals surface area contributed by atoms with Crippen molar-refractivity contribution in [2.45, 2.75) is 6.92 Å². The highest BCUT2D eigenvalue weighted by Crippen LogP contribution is 2.19. The average Bonchev–Trinajstić information content (AvgIpc) is 2.62. The largest absolute Gasteiger partial charge is 0.461 e. The molecule has 0 bridgehead atoms. The van der Waals surface area contributed by atoms with Gasteiger partial charge in [-0.3, -0.25) is 0 Å². The highest BCUT2D eigenvalue weighted by Gasteiger charge is 2.13. The van der Waals surface area contributed by atoms with E-state index in [2.05, 4.69) is 20.9 Å². The van der Waals surface area contributed by atoms with Crippen LogP contribution in [0.5, 0.6) is 0 Å². The van der Waals surface area contributed by atoms with Crippen molar-refractivity contribution in [3.63, 3.8) is 0 Å². The summed E-state index contributed by atoms with van der Waals surface area (Å²) in [4.78, 5) is 15.5. The Balaban J connectivity index is 2.51. The van der Waals surface area contributed by atoms with E-state index in [4.69, 9.17) is 4.74 Å². The number of carbonyl (C=O) groups excluding carboxylic acids is 1. The molecular formula is C10H8BrFN2O2. The molecule has 2 aromatic heterocycles. The number of esters is 1.